The van der Waals surface area contributed by atoms with Gasteiger partial charge in [0.2, 0.25) is 0 Å². The lowest BCUT2D eigenvalue weighted by Gasteiger charge is -2.08. The zero-order valence-corrected chi connectivity index (χ0v) is 13.1. The van der Waals surface area contributed by atoms with E-state index in [0.29, 0.717) is 17.3 Å². The molecule has 0 saturated carbocycles. The number of nitrogens with zero attached hydrogens (tertiary/aromatic N) is 3. The van der Waals surface area contributed by atoms with Gasteiger partial charge in [0.1, 0.15) is 5.69 Å². The van der Waals surface area contributed by atoms with Gasteiger partial charge in [-0.1, -0.05) is 0 Å². The van der Waals surface area contributed by atoms with E-state index >= 15 is 0 Å². The molecule has 2 heterocycles. The molecule has 2 aromatic rings. The lowest BCUT2D eigenvalue weighted by molar-refractivity contribution is -0.141. The Labute approximate surface area is 136 Å². The Hall–Kier alpha value is -2.42. The van der Waals surface area contributed by atoms with Crippen molar-refractivity contribution in [1.82, 2.24) is 14.8 Å². The second-order valence-corrected chi connectivity index (χ2v) is 4.88. The highest BCUT2D eigenvalue weighted by Gasteiger charge is 2.36. The average molecular weight is 343 g/mol. The highest BCUT2D eigenvalue weighted by atomic mass is 19.4. The van der Waals surface area contributed by atoms with Crippen LogP contribution in [0.5, 0.6) is 0 Å². The first-order chi connectivity index (χ1) is 11.3. The molecule has 0 aliphatic carbocycles. The summed E-state index contributed by atoms with van der Waals surface area (Å²) in [6, 6.07) is 3.99. The van der Waals surface area contributed by atoms with Crippen LogP contribution in [0.15, 0.2) is 24.4 Å². The molecule has 0 fully saturated rings. The van der Waals surface area contributed by atoms with Gasteiger partial charge in [-0.05, 0) is 24.6 Å². The van der Waals surface area contributed by atoms with Gasteiger partial charge >= 0.3 is 12.1 Å². The first kappa shape index (κ1) is 17.9. The highest BCUT2D eigenvalue weighted by Crippen LogP contribution is 2.29. The quantitative estimate of drug-likeness (QED) is 0.755. The predicted molar refractivity (Wildman–Crippen MR) is 77.2 cm³/mol. The molecular weight excluding hydrogens is 327 g/mol. The van der Waals surface area contributed by atoms with Gasteiger partial charge in [-0.15, -0.1) is 0 Å². The first-order valence-corrected chi connectivity index (χ1v) is 7.10. The molecule has 6 nitrogen and oxygen atoms in total. The molecule has 0 spiro atoms. The SMILES string of the molecule is CCOC(=O)c1cc(C(F)(F)F)nn1Cc1ccnc(COC)c1. The summed E-state index contributed by atoms with van der Waals surface area (Å²) < 4.78 is 49.4. The fraction of sp³-hybridized carbons (Fsp3) is 0.400. The number of ether oxygens (including phenoxy) is 2. The van der Waals surface area contributed by atoms with E-state index in [4.69, 9.17) is 9.47 Å². The van der Waals surface area contributed by atoms with Gasteiger partial charge in [-0.3, -0.25) is 9.67 Å². The third-order valence-corrected chi connectivity index (χ3v) is 3.06. The molecule has 9 heteroatoms. The topological polar surface area (TPSA) is 66.2 Å². The van der Waals surface area contributed by atoms with Gasteiger partial charge in [-0.25, -0.2) is 4.79 Å². The third kappa shape index (κ3) is 4.31. The summed E-state index contributed by atoms with van der Waals surface area (Å²) in [6.07, 6.45) is -3.13. The molecule has 0 bridgehead atoms. The Morgan fingerprint density at radius 1 is 1.33 bits per heavy atom. The fourth-order valence-corrected chi connectivity index (χ4v) is 2.07. The van der Waals surface area contributed by atoms with Crippen molar-refractivity contribution in [3.8, 4) is 0 Å². The summed E-state index contributed by atoms with van der Waals surface area (Å²) >= 11 is 0. The Balaban J connectivity index is 2.35. The van der Waals surface area contributed by atoms with Crippen LogP contribution in [0.1, 0.15) is 34.4 Å². The molecule has 2 aromatic heterocycles. The Morgan fingerprint density at radius 3 is 2.71 bits per heavy atom. The Bertz CT molecular complexity index is 713. The number of halogens is 3. The van der Waals surface area contributed by atoms with Gasteiger partial charge in [0.15, 0.2) is 5.69 Å². The minimum atomic E-state index is -4.65. The van der Waals surface area contributed by atoms with Crippen LogP contribution >= 0.6 is 0 Å². The molecule has 0 aliphatic rings. The van der Waals surface area contributed by atoms with Gasteiger partial charge in [0, 0.05) is 19.4 Å². The predicted octanol–water partition coefficient (Wildman–Crippen LogP) is 2.67. The summed E-state index contributed by atoms with van der Waals surface area (Å²) in [6.45, 7) is 1.87. The molecule has 0 aliphatic heterocycles. The zero-order chi connectivity index (χ0) is 17.7. The van der Waals surface area contributed by atoms with Crippen LogP contribution in [-0.2, 0) is 28.8 Å². The zero-order valence-electron chi connectivity index (χ0n) is 13.1. The standard InChI is InChI=1S/C15H16F3N3O3/c1-3-24-14(22)12-7-13(15(16,17)18)20-21(12)8-10-4-5-19-11(6-10)9-23-2/h4-7H,3,8-9H2,1-2H3. The van der Waals surface area contributed by atoms with Crippen LogP contribution in [-0.4, -0.2) is 34.5 Å². The molecule has 0 aromatic carbocycles. The number of rotatable bonds is 6. The van der Waals surface area contributed by atoms with Crippen molar-refractivity contribution in [2.45, 2.75) is 26.3 Å². The Morgan fingerprint density at radius 2 is 2.08 bits per heavy atom. The normalized spacial score (nSPS) is 11.5. The summed E-state index contributed by atoms with van der Waals surface area (Å²) in [5, 5.41) is 3.49. The van der Waals surface area contributed by atoms with Crippen LogP contribution in [0.25, 0.3) is 0 Å². The minimum Gasteiger partial charge on any atom is -0.461 e. The van der Waals surface area contributed by atoms with Crippen molar-refractivity contribution in [3.63, 3.8) is 0 Å². The number of hydrogen-bond acceptors (Lipinski definition) is 5. The smallest absolute Gasteiger partial charge is 0.435 e. The summed E-state index contributed by atoms with van der Waals surface area (Å²) in [5.74, 6) is -0.855. The van der Waals surface area contributed by atoms with Gasteiger partial charge in [0.25, 0.3) is 0 Å². The second kappa shape index (κ2) is 7.43. The molecule has 0 unspecified atom stereocenters. The number of methoxy groups -OCH3 is 1. The lowest BCUT2D eigenvalue weighted by atomic mass is 10.2. The minimum absolute atomic E-state index is 0.0243. The van der Waals surface area contributed by atoms with Gasteiger partial charge in [-0.2, -0.15) is 18.3 Å². The number of esters is 1. The van der Waals surface area contributed by atoms with Gasteiger partial charge < -0.3 is 9.47 Å². The largest absolute Gasteiger partial charge is 0.461 e. The highest BCUT2D eigenvalue weighted by molar-refractivity contribution is 5.87. The van der Waals surface area contributed by atoms with Crippen molar-refractivity contribution < 1.29 is 27.4 Å². The van der Waals surface area contributed by atoms with E-state index in [2.05, 4.69) is 10.1 Å². The molecule has 0 radical (unpaired) electrons. The Kier molecular flexibility index (Phi) is 5.55. The summed E-state index contributed by atoms with van der Waals surface area (Å²) in [4.78, 5) is 16.0. The molecular formula is C15H16F3N3O3. The van der Waals surface area contributed by atoms with Crippen LogP contribution < -0.4 is 0 Å². The van der Waals surface area contributed by atoms with E-state index in [9.17, 15) is 18.0 Å². The van der Waals surface area contributed by atoms with E-state index in [0.717, 1.165) is 4.68 Å². The van der Waals surface area contributed by atoms with Crippen LogP contribution in [0.2, 0.25) is 0 Å². The van der Waals surface area contributed by atoms with E-state index in [-0.39, 0.29) is 25.5 Å². The van der Waals surface area contributed by atoms with Crippen molar-refractivity contribution in [2.24, 2.45) is 0 Å². The van der Waals surface area contributed by atoms with E-state index < -0.39 is 17.8 Å². The fourth-order valence-electron chi connectivity index (χ4n) is 2.07. The summed E-state index contributed by atoms with van der Waals surface area (Å²) in [5.41, 5.74) is -0.138. The van der Waals surface area contributed by atoms with E-state index in [1.54, 1.807) is 19.1 Å². The molecule has 24 heavy (non-hydrogen) atoms. The molecule has 2 rings (SSSR count). The summed E-state index contributed by atoms with van der Waals surface area (Å²) in [7, 11) is 1.51. The van der Waals surface area contributed by atoms with Crippen LogP contribution in [0.4, 0.5) is 13.2 Å². The van der Waals surface area contributed by atoms with Crippen LogP contribution in [0, 0.1) is 0 Å². The van der Waals surface area contributed by atoms with Crippen molar-refractivity contribution in [2.75, 3.05) is 13.7 Å². The van der Waals surface area contributed by atoms with Crippen LogP contribution in [0.3, 0.4) is 0 Å². The molecule has 0 N–H and O–H groups in total. The first-order valence-electron chi connectivity index (χ1n) is 7.10. The number of carbonyl (C=O) groups excluding carboxylic acids is 1. The number of pyridine rings is 1. The monoisotopic (exact) mass is 343 g/mol. The average Bonchev–Trinajstić information content (AvgIpc) is 2.92. The van der Waals surface area contributed by atoms with E-state index in [1.165, 1.54) is 13.3 Å². The molecule has 130 valence electrons. The van der Waals surface area contributed by atoms with Crippen molar-refractivity contribution in [3.05, 3.63) is 47.0 Å². The van der Waals surface area contributed by atoms with E-state index in [1.807, 2.05) is 0 Å². The second-order valence-electron chi connectivity index (χ2n) is 4.88. The number of hydrogen-bond donors (Lipinski definition) is 0. The molecule has 0 amide bonds. The number of carbonyl (C=O) groups is 1. The third-order valence-electron chi connectivity index (χ3n) is 3.06. The molecule has 0 atom stereocenters. The number of alkyl halides is 3. The maximum Gasteiger partial charge on any atom is 0.435 e. The van der Waals surface area contributed by atoms with Gasteiger partial charge in [0.05, 0.1) is 25.5 Å². The molecule has 0 saturated heterocycles. The lowest BCUT2D eigenvalue weighted by Crippen LogP contribution is -2.14. The maximum atomic E-state index is 12.9. The van der Waals surface area contributed by atoms with Crippen molar-refractivity contribution >= 4 is 5.97 Å². The van der Waals surface area contributed by atoms with Crippen molar-refractivity contribution in [1.29, 1.82) is 0 Å². The maximum absolute atomic E-state index is 12.9. The number of aromatic nitrogens is 3.